The lowest BCUT2D eigenvalue weighted by Gasteiger charge is -2.18. The van der Waals surface area contributed by atoms with Gasteiger partial charge in [0.2, 0.25) is 6.79 Å². The monoisotopic (exact) mass is 360 g/mol. The highest BCUT2D eigenvalue weighted by Gasteiger charge is 2.32. The van der Waals surface area contributed by atoms with Crippen LogP contribution in [0.3, 0.4) is 0 Å². The van der Waals surface area contributed by atoms with E-state index in [0.717, 1.165) is 12.2 Å². The van der Waals surface area contributed by atoms with Crippen LogP contribution in [0.4, 0.5) is 0 Å². The Hall–Kier alpha value is -3.19. The molecule has 2 aromatic carbocycles. The molecule has 0 radical (unpaired) electrons. The third kappa shape index (κ3) is 2.28. The molecule has 25 heavy (non-hydrogen) atoms. The second kappa shape index (κ2) is 5.42. The molecule has 1 aliphatic carbocycles. The maximum Gasteiger partial charge on any atom is 0.231 e. The molecular weight excluding hydrogens is 352 g/mol. The average Bonchev–Trinajstić information content (AvgIpc) is 3.06. The summed E-state index contributed by atoms with van der Waals surface area (Å²) < 4.78 is 15.9. The van der Waals surface area contributed by atoms with Gasteiger partial charge in [-0.2, -0.15) is 0 Å². The maximum atomic E-state index is 12.0. The third-order valence-corrected chi connectivity index (χ3v) is 4.14. The number of ether oxygens (including phenoxy) is 3. The number of carbonyl (C=O) groups is 2. The lowest BCUT2D eigenvalue weighted by atomic mass is 9.92. The smallest absolute Gasteiger partial charge is 0.231 e. The summed E-state index contributed by atoms with van der Waals surface area (Å²) in [5.74, 6) is -1.69. The third-order valence-electron chi connectivity index (χ3n) is 3.79. The Balaban J connectivity index is 1.84. The number of allylic oxidation sites excluding steroid dienone is 2. The highest BCUT2D eigenvalue weighted by atomic mass is 35.5. The van der Waals surface area contributed by atoms with Crippen molar-refractivity contribution in [3.8, 4) is 34.5 Å². The summed E-state index contributed by atoms with van der Waals surface area (Å²) in [6, 6.07) is 4.63. The fraction of sp³-hybridized carbons (Fsp3) is 0.0588. The minimum Gasteiger partial charge on any atom is -0.505 e. The van der Waals surface area contributed by atoms with Crippen molar-refractivity contribution in [3.63, 3.8) is 0 Å². The first-order valence-electron chi connectivity index (χ1n) is 7.09. The van der Waals surface area contributed by atoms with E-state index in [1.165, 1.54) is 12.1 Å². The molecule has 1 aliphatic heterocycles. The molecule has 2 aliphatic rings. The van der Waals surface area contributed by atoms with E-state index in [1.54, 1.807) is 6.07 Å². The maximum absolute atomic E-state index is 12.0. The zero-order chi connectivity index (χ0) is 17.7. The summed E-state index contributed by atoms with van der Waals surface area (Å²) in [5.41, 5.74) is -0.710. The first-order valence-corrected chi connectivity index (χ1v) is 7.46. The fourth-order valence-corrected chi connectivity index (χ4v) is 2.84. The first-order chi connectivity index (χ1) is 12.0. The van der Waals surface area contributed by atoms with Gasteiger partial charge in [-0.05, 0) is 24.3 Å². The summed E-state index contributed by atoms with van der Waals surface area (Å²) in [4.78, 5) is 23.9. The molecule has 0 aromatic heterocycles. The number of benzene rings is 2. The van der Waals surface area contributed by atoms with Crippen molar-refractivity contribution >= 4 is 23.2 Å². The first kappa shape index (κ1) is 15.3. The molecule has 8 heteroatoms. The van der Waals surface area contributed by atoms with E-state index < -0.39 is 23.1 Å². The predicted octanol–water partition coefficient (Wildman–Crippen LogP) is 3.21. The van der Waals surface area contributed by atoms with Gasteiger partial charge in [0.05, 0.1) is 11.1 Å². The molecule has 0 saturated heterocycles. The van der Waals surface area contributed by atoms with Gasteiger partial charge in [0.15, 0.2) is 34.6 Å². The molecule has 7 nitrogen and oxygen atoms in total. The molecule has 2 aromatic rings. The van der Waals surface area contributed by atoms with E-state index in [0.29, 0.717) is 11.5 Å². The quantitative estimate of drug-likeness (QED) is 0.793. The van der Waals surface area contributed by atoms with Gasteiger partial charge in [-0.15, -0.1) is 0 Å². The van der Waals surface area contributed by atoms with Gasteiger partial charge >= 0.3 is 0 Å². The van der Waals surface area contributed by atoms with Gasteiger partial charge in [0.25, 0.3) is 0 Å². The van der Waals surface area contributed by atoms with Crippen molar-refractivity contribution in [2.24, 2.45) is 0 Å². The van der Waals surface area contributed by atoms with E-state index in [1.807, 2.05) is 0 Å². The Labute approximate surface area is 145 Å². The van der Waals surface area contributed by atoms with Crippen LogP contribution in [-0.2, 0) is 0 Å². The summed E-state index contributed by atoms with van der Waals surface area (Å²) in [6.07, 6.45) is 2.00. The van der Waals surface area contributed by atoms with Gasteiger partial charge in [0.1, 0.15) is 16.5 Å². The Bertz CT molecular complexity index is 978. The van der Waals surface area contributed by atoms with Gasteiger partial charge < -0.3 is 24.4 Å². The van der Waals surface area contributed by atoms with E-state index >= 15 is 0 Å². The molecule has 4 rings (SSSR count). The summed E-state index contributed by atoms with van der Waals surface area (Å²) in [7, 11) is 0. The normalized spacial score (nSPS) is 14.6. The van der Waals surface area contributed by atoms with Crippen LogP contribution in [0.5, 0.6) is 34.5 Å². The highest BCUT2D eigenvalue weighted by Crippen LogP contribution is 2.49. The van der Waals surface area contributed by atoms with Crippen molar-refractivity contribution in [2.45, 2.75) is 0 Å². The number of ketones is 2. The molecule has 2 N–H and O–H groups in total. The van der Waals surface area contributed by atoms with Crippen molar-refractivity contribution in [1.29, 1.82) is 0 Å². The Morgan fingerprint density at radius 2 is 1.60 bits per heavy atom. The number of halogens is 1. The lowest BCUT2D eigenvalue weighted by Crippen LogP contribution is -2.13. The number of rotatable bonds is 2. The predicted molar refractivity (Wildman–Crippen MR) is 85.2 cm³/mol. The number of fused-ring (bicyclic) bond motifs is 2. The van der Waals surface area contributed by atoms with Crippen LogP contribution >= 0.6 is 11.6 Å². The number of aromatic hydroxyl groups is 2. The number of hydrogen-bond acceptors (Lipinski definition) is 7. The molecule has 0 saturated carbocycles. The van der Waals surface area contributed by atoms with E-state index in [4.69, 9.17) is 25.8 Å². The SMILES string of the molecule is O=C1C=CC(=O)c2c(O)c(Oc3ccc4c(c3)OCO4)c(Cl)c(O)c21. The molecule has 126 valence electrons. The fourth-order valence-electron chi connectivity index (χ4n) is 2.62. The minimum absolute atomic E-state index is 0.0768. The zero-order valence-corrected chi connectivity index (χ0v) is 13.2. The number of phenolic OH excluding ortho intramolecular Hbond substituents is 2. The average molecular weight is 361 g/mol. The minimum atomic E-state index is -0.644. The van der Waals surface area contributed by atoms with Gasteiger partial charge in [-0.25, -0.2) is 0 Å². The van der Waals surface area contributed by atoms with Crippen LogP contribution in [0.25, 0.3) is 0 Å². The van der Waals surface area contributed by atoms with Gasteiger partial charge in [-0.3, -0.25) is 9.59 Å². The van der Waals surface area contributed by atoms with Crippen molar-refractivity contribution in [3.05, 3.63) is 46.5 Å². The standard InChI is InChI=1S/C17H9ClO7/c18-14-15(21)12-8(19)2-3-9(20)13(12)16(22)17(14)25-7-1-4-10-11(5-7)24-6-23-10/h1-5,21-22H,6H2. The molecule has 0 fully saturated rings. The molecule has 0 atom stereocenters. The van der Waals surface area contributed by atoms with Crippen LogP contribution in [0.1, 0.15) is 20.7 Å². The molecule has 0 unspecified atom stereocenters. The van der Waals surface area contributed by atoms with Gasteiger partial charge in [-0.1, -0.05) is 11.6 Å². The molecule has 0 spiro atoms. The van der Waals surface area contributed by atoms with Crippen LogP contribution in [0.15, 0.2) is 30.4 Å². The number of phenols is 2. The van der Waals surface area contributed by atoms with Crippen molar-refractivity contribution in [1.82, 2.24) is 0 Å². The largest absolute Gasteiger partial charge is 0.505 e. The Kier molecular flexibility index (Phi) is 3.33. The molecular formula is C17H9ClO7. The molecule has 1 heterocycles. The van der Waals surface area contributed by atoms with Crippen LogP contribution in [0.2, 0.25) is 5.02 Å². The van der Waals surface area contributed by atoms with Crippen molar-refractivity contribution < 1.29 is 34.0 Å². The summed E-state index contributed by atoms with van der Waals surface area (Å²) >= 11 is 6.04. The second-order valence-electron chi connectivity index (χ2n) is 5.27. The van der Waals surface area contributed by atoms with E-state index in [-0.39, 0.29) is 34.4 Å². The van der Waals surface area contributed by atoms with Crippen LogP contribution in [0, 0.1) is 0 Å². The van der Waals surface area contributed by atoms with Gasteiger partial charge in [0, 0.05) is 6.07 Å². The molecule has 0 bridgehead atoms. The van der Waals surface area contributed by atoms with E-state index in [2.05, 4.69) is 0 Å². The second-order valence-corrected chi connectivity index (χ2v) is 5.65. The highest BCUT2D eigenvalue weighted by molar-refractivity contribution is 6.36. The topological polar surface area (TPSA) is 102 Å². The Morgan fingerprint density at radius 3 is 2.32 bits per heavy atom. The van der Waals surface area contributed by atoms with Crippen molar-refractivity contribution in [2.75, 3.05) is 6.79 Å². The zero-order valence-electron chi connectivity index (χ0n) is 12.4. The Morgan fingerprint density at radius 1 is 0.960 bits per heavy atom. The van der Waals surface area contributed by atoms with Crippen LogP contribution in [-0.4, -0.2) is 28.6 Å². The summed E-state index contributed by atoms with van der Waals surface area (Å²) in [5, 5.41) is 20.2. The lowest BCUT2D eigenvalue weighted by molar-refractivity contribution is 0.0988. The van der Waals surface area contributed by atoms with Crippen LogP contribution < -0.4 is 14.2 Å². The number of hydrogen-bond donors (Lipinski definition) is 2. The number of carbonyl (C=O) groups excluding carboxylic acids is 2. The van der Waals surface area contributed by atoms with E-state index in [9.17, 15) is 19.8 Å². The molecule has 0 amide bonds. The summed E-state index contributed by atoms with van der Waals surface area (Å²) in [6.45, 7) is 0.0768.